The summed E-state index contributed by atoms with van der Waals surface area (Å²) in [6, 6.07) is 12.1. The molecule has 2 aromatic rings. The van der Waals surface area contributed by atoms with E-state index >= 15 is 0 Å². The lowest BCUT2D eigenvalue weighted by molar-refractivity contribution is -0.129. The Labute approximate surface area is 172 Å². The number of amides is 2. The van der Waals surface area contributed by atoms with Crippen molar-refractivity contribution in [3.05, 3.63) is 46.8 Å². The van der Waals surface area contributed by atoms with Gasteiger partial charge in [-0.1, -0.05) is 30.7 Å². The predicted octanol–water partition coefficient (Wildman–Crippen LogP) is 4.28. The minimum absolute atomic E-state index is 0.228. The number of rotatable bonds is 6. The lowest BCUT2D eigenvalue weighted by Crippen LogP contribution is -2.32. The molecule has 2 amide bonds. The van der Waals surface area contributed by atoms with Crippen LogP contribution in [-0.2, 0) is 20.9 Å². The number of alkyl carbamates (subject to hydrolysis) is 1. The molecule has 1 aliphatic heterocycles. The maximum atomic E-state index is 11.9. The molecule has 0 unspecified atom stereocenters. The number of hydroxylamine groups is 1. The van der Waals surface area contributed by atoms with Gasteiger partial charge >= 0.3 is 6.09 Å². The van der Waals surface area contributed by atoms with Crippen LogP contribution in [0, 0.1) is 0 Å². The Balaban J connectivity index is 1.76. The molecule has 0 aliphatic carbocycles. The van der Waals surface area contributed by atoms with Gasteiger partial charge in [0.2, 0.25) is 5.91 Å². The van der Waals surface area contributed by atoms with Crippen LogP contribution in [0.25, 0.3) is 10.4 Å². The van der Waals surface area contributed by atoms with Gasteiger partial charge in [-0.15, -0.1) is 23.1 Å². The number of ether oxygens (including phenoxy) is 1. The number of benzene rings is 1. The van der Waals surface area contributed by atoms with Gasteiger partial charge in [-0.05, 0) is 41.9 Å². The molecule has 2 heterocycles. The number of thioether (sulfide) groups is 1. The number of hydrogen-bond donors (Lipinski definition) is 3. The highest BCUT2D eigenvalue weighted by atomic mass is 32.2. The molecule has 0 bridgehead atoms. The SMILES string of the molecule is CNC(=O)OCc1ccc(-c2ccc([C@@]3(CC(=O)NO)CCCCS3)s2)cc1. The van der Waals surface area contributed by atoms with Gasteiger partial charge < -0.3 is 10.1 Å². The summed E-state index contributed by atoms with van der Waals surface area (Å²) in [6.07, 6.45) is 3.00. The van der Waals surface area contributed by atoms with E-state index in [2.05, 4.69) is 17.4 Å². The summed E-state index contributed by atoms with van der Waals surface area (Å²) in [4.78, 5) is 25.4. The molecule has 1 saturated heterocycles. The second-order valence-corrected chi connectivity index (χ2v) is 9.26. The molecule has 150 valence electrons. The van der Waals surface area contributed by atoms with E-state index in [-0.39, 0.29) is 23.7 Å². The molecule has 1 aromatic carbocycles. The second kappa shape index (κ2) is 9.45. The van der Waals surface area contributed by atoms with E-state index in [0.717, 1.165) is 41.0 Å². The number of carbonyl (C=O) groups excluding carboxylic acids is 2. The van der Waals surface area contributed by atoms with E-state index in [9.17, 15) is 9.59 Å². The Bertz CT molecular complexity index is 814. The highest BCUT2D eigenvalue weighted by Gasteiger charge is 2.38. The van der Waals surface area contributed by atoms with Crippen molar-refractivity contribution in [2.45, 2.75) is 37.0 Å². The minimum atomic E-state index is -0.450. The molecule has 3 N–H and O–H groups in total. The van der Waals surface area contributed by atoms with E-state index in [1.165, 1.54) is 11.9 Å². The van der Waals surface area contributed by atoms with Crippen LogP contribution in [0.1, 0.15) is 36.1 Å². The first kappa shape index (κ1) is 20.7. The molecule has 3 rings (SSSR count). The molecule has 0 spiro atoms. The summed E-state index contributed by atoms with van der Waals surface area (Å²) < 4.78 is 4.79. The average Bonchev–Trinajstić information content (AvgIpc) is 3.24. The molecule has 6 nitrogen and oxygen atoms in total. The van der Waals surface area contributed by atoms with Gasteiger partial charge in [-0.2, -0.15) is 0 Å². The van der Waals surface area contributed by atoms with Gasteiger partial charge in [0.05, 0.1) is 4.75 Å². The fourth-order valence-electron chi connectivity index (χ4n) is 3.30. The molecule has 0 radical (unpaired) electrons. The van der Waals surface area contributed by atoms with Gasteiger partial charge in [0, 0.05) is 23.2 Å². The van der Waals surface area contributed by atoms with Crippen LogP contribution in [0.3, 0.4) is 0 Å². The zero-order valence-corrected chi connectivity index (χ0v) is 17.3. The van der Waals surface area contributed by atoms with E-state index in [1.54, 1.807) is 16.8 Å². The molecule has 1 fully saturated rings. The van der Waals surface area contributed by atoms with Crippen LogP contribution in [0.4, 0.5) is 4.79 Å². The second-order valence-electron chi connectivity index (χ2n) is 6.70. The summed E-state index contributed by atoms with van der Waals surface area (Å²) >= 11 is 3.51. The third kappa shape index (κ3) is 4.87. The van der Waals surface area contributed by atoms with Gasteiger partial charge in [0.15, 0.2) is 0 Å². The number of carbonyl (C=O) groups is 2. The Morgan fingerprint density at radius 1 is 1.18 bits per heavy atom. The van der Waals surface area contributed by atoms with E-state index < -0.39 is 6.09 Å². The predicted molar refractivity (Wildman–Crippen MR) is 112 cm³/mol. The van der Waals surface area contributed by atoms with Crippen LogP contribution in [0.5, 0.6) is 0 Å². The number of hydrogen-bond acceptors (Lipinski definition) is 6. The Hall–Kier alpha value is -2.03. The molecular formula is C20H24N2O4S2. The maximum Gasteiger partial charge on any atom is 0.407 e. The van der Waals surface area contributed by atoms with Gasteiger partial charge in [0.25, 0.3) is 0 Å². The smallest absolute Gasteiger partial charge is 0.407 e. The van der Waals surface area contributed by atoms with Crippen molar-refractivity contribution < 1.29 is 19.5 Å². The van der Waals surface area contributed by atoms with Crippen molar-refractivity contribution in [3.8, 4) is 10.4 Å². The molecule has 8 heteroatoms. The maximum absolute atomic E-state index is 11.9. The number of nitrogens with one attached hydrogen (secondary N) is 2. The summed E-state index contributed by atoms with van der Waals surface area (Å²) in [6.45, 7) is 0.228. The van der Waals surface area contributed by atoms with Crippen molar-refractivity contribution >= 4 is 35.1 Å². The van der Waals surface area contributed by atoms with Gasteiger partial charge in [0.1, 0.15) is 6.61 Å². The first-order chi connectivity index (χ1) is 13.6. The molecule has 28 heavy (non-hydrogen) atoms. The first-order valence-corrected chi connectivity index (χ1v) is 11.0. The fraction of sp³-hybridized carbons (Fsp3) is 0.400. The molecule has 1 atom stereocenters. The van der Waals surface area contributed by atoms with Crippen LogP contribution in [0.15, 0.2) is 36.4 Å². The lowest BCUT2D eigenvalue weighted by Gasteiger charge is -2.35. The summed E-state index contributed by atoms with van der Waals surface area (Å²) in [5.41, 5.74) is 3.79. The van der Waals surface area contributed by atoms with Crippen molar-refractivity contribution in [3.63, 3.8) is 0 Å². The quantitative estimate of drug-likeness (QED) is 0.480. The summed E-state index contributed by atoms with van der Waals surface area (Å²) in [5.74, 6) is 0.677. The minimum Gasteiger partial charge on any atom is -0.445 e. The molecular weight excluding hydrogens is 396 g/mol. The highest BCUT2D eigenvalue weighted by Crippen LogP contribution is 2.50. The zero-order valence-electron chi connectivity index (χ0n) is 15.7. The Morgan fingerprint density at radius 2 is 1.96 bits per heavy atom. The van der Waals surface area contributed by atoms with Crippen molar-refractivity contribution in [2.75, 3.05) is 12.8 Å². The van der Waals surface area contributed by atoms with E-state index in [1.807, 2.05) is 36.0 Å². The highest BCUT2D eigenvalue weighted by molar-refractivity contribution is 8.00. The molecule has 0 saturated carbocycles. The first-order valence-electron chi connectivity index (χ1n) is 9.17. The molecule has 1 aromatic heterocycles. The number of thiophene rings is 1. The molecule has 1 aliphatic rings. The van der Waals surface area contributed by atoms with Crippen molar-refractivity contribution in [1.82, 2.24) is 10.8 Å². The Morgan fingerprint density at radius 3 is 2.61 bits per heavy atom. The topological polar surface area (TPSA) is 87.7 Å². The van der Waals surface area contributed by atoms with Crippen LogP contribution in [0.2, 0.25) is 0 Å². The van der Waals surface area contributed by atoms with E-state index in [0.29, 0.717) is 0 Å². The zero-order chi connectivity index (χ0) is 20.0. The van der Waals surface area contributed by atoms with E-state index in [4.69, 9.17) is 9.94 Å². The van der Waals surface area contributed by atoms with Gasteiger partial charge in [-0.25, -0.2) is 10.3 Å². The Kier molecular flexibility index (Phi) is 6.98. The normalized spacial score (nSPS) is 19.1. The van der Waals surface area contributed by atoms with Crippen molar-refractivity contribution in [1.29, 1.82) is 0 Å². The van der Waals surface area contributed by atoms with Gasteiger partial charge in [-0.3, -0.25) is 10.0 Å². The van der Waals surface area contributed by atoms with Crippen molar-refractivity contribution in [2.24, 2.45) is 0 Å². The summed E-state index contributed by atoms with van der Waals surface area (Å²) in [7, 11) is 1.53. The summed E-state index contributed by atoms with van der Waals surface area (Å²) in [5, 5.41) is 11.4. The van der Waals surface area contributed by atoms with Crippen LogP contribution >= 0.6 is 23.1 Å². The monoisotopic (exact) mass is 420 g/mol. The average molecular weight is 421 g/mol. The largest absolute Gasteiger partial charge is 0.445 e. The third-order valence-corrected chi connectivity index (χ3v) is 7.87. The standard InChI is InChI=1S/C20H24N2O4S2/c1-21-19(24)26-13-14-4-6-15(7-5-14)16-8-9-17(28-16)20(12-18(23)22-25)10-2-3-11-27-20/h4-9,25H,2-3,10-13H2,1H3,(H,21,24)(H,22,23)/t20-/m0/s1. The van der Waals surface area contributed by atoms with Crippen LogP contribution in [-0.4, -0.2) is 30.0 Å². The van der Waals surface area contributed by atoms with Crippen LogP contribution < -0.4 is 10.8 Å². The lowest BCUT2D eigenvalue weighted by atomic mass is 9.94. The third-order valence-electron chi connectivity index (χ3n) is 4.79. The fourth-order valence-corrected chi connectivity index (χ4v) is 6.19.